The van der Waals surface area contributed by atoms with Crippen molar-refractivity contribution in [3.8, 4) is 0 Å². The number of H-pyrrole nitrogens is 1. The van der Waals surface area contributed by atoms with Gasteiger partial charge in [-0.25, -0.2) is 0 Å². The molecule has 1 amide bonds. The van der Waals surface area contributed by atoms with Gasteiger partial charge < -0.3 is 15.0 Å². The predicted octanol–water partition coefficient (Wildman–Crippen LogP) is 2.04. The highest BCUT2D eigenvalue weighted by molar-refractivity contribution is 5.97. The molecule has 2 fully saturated rings. The van der Waals surface area contributed by atoms with E-state index in [-0.39, 0.29) is 23.3 Å². The number of aliphatic hydroxyl groups excluding tert-OH is 1. The minimum Gasteiger partial charge on any atom is -0.396 e. The number of amides is 1. The first kappa shape index (κ1) is 13.8. The van der Waals surface area contributed by atoms with E-state index in [2.05, 4.69) is 23.8 Å². The lowest BCUT2D eigenvalue weighted by molar-refractivity contribution is -0.0977. The van der Waals surface area contributed by atoms with E-state index < -0.39 is 0 Å². The predicted molar refractivity (Wildman–Crippen MR) is 83.4 cm³/mol. The van der Waals surface area contributed by atoms with Crippen LogP contribution in [0.4, 0.5) is 0 Å². The van der Waals surface area contributed by atoms with Crippen LogP contribution in [0.15, 0.2) is 24.4 Å². The second kappa shape index (κ2) is 4.32. The first-order valence-electron chi connectivity index (χ1n) is 7.79. The van der Waals surface area contributed by atoms with Gasteiger partial charge in [0.15, 0.2) is 0 Å². The van der Waals surface area contributed by atoms with Crippen LogP contribution in [0, 0.1) is 16.7 Å². The van der Waals surface area contributed by atoms with Gasteiger partial charge >= 0.3 is 0 Å². The van der Waals surface area contributed by atoms with Gasteiger partial charge in [-0.3, -0.25) is 9.78 Å². The lowest BCUT2D eigenvalue weighted by atomic mass is 9.48. The molecule has 0 radical (unpaired) electrons. The van der Waals surface area contributed by atoms with E-state index in [1.165, 1.54) is 0 Å². The highest BCUT2D eigenvalue weighted by Gasteiger charge is 2.63. The van der Waals surface area contributed by atoms with Crippen LogP contribution in [0.2, 0.25) is 0 Å². The van der Waals surface area contributed by atoms with Crippen LogP contribution in [0.25, 0.3) is 11.0 Å². The molecule has 2 aliphatic rings. The van der Waals surface area contributed by atoms with Crippen molar-refractivity contribution < 1.29 is 9.90 Å². The maximum atomic E-state index is 12.8. The summed E-state index contributed by atoms with van der Waals surface area (Å²) in [6, 6.07) is 5.59. The third-order valence-electron chi connectivity index (χ3n) is 5.62. The number of pyridine rings is 1. The van der Waals surface area contributed by atoms with E-state index in [1.807, 2.05) is 23.1 Å². The largest absolute Gasteiger partial charge is 0.396 e. The Morgan fingerprint density at radius 3 is 3.00 bits per heavy atom. The molecule has 2 atom stereocenters. The van der Waals surface area contributed by atoms with Gasteiger partial charge in [0.1, 0.15) is 5.69 Å². The molecular weight excluding hydrogens is 278 g/mol. The Morgan fingerprint density at radius 2 is 2.36 bits per heavy atom. The maximum Gasteiger partial charge on any atom is 0.270 e. The molecular formula is C17H21N3O2. The number of hydrogen-bond acceptors (Lipinski definition) is 3. The number of aromatic amines is 1. The number of rotatable bonds is 2. The number of nitrogens with one attached hydrogen (secondary N) is 1. The van der Waals surface area contributed by atoms with Crippen molar-refractivity contribution in [2.24, 2.45) is 16.7 Å². The number of carbonyl (C=O) groups excluding carboxylic acids is 1. The highest BCUT2D eigenvalue weighted by atomic mass is 16.3. The second-order valence-corrected chi connectivity index (χ2v) is 7.54. The summed E-state index contributed by atoms with van der Waals surface area (Å²) in [7, 11) is 0. The SMILES string of the molecule is CC1(C)C[C@]2(CO)CN(C(=O)c3cc4ncccc4[nH]3)C[C@H]12. The quantitative estimate of drug-likeness (QED) is 0.891. The molecule has 0 aromatic carbocycles. The van der Waals surface area contributed by atoms with E-state index in [9.17, 15) is 9.90 Å². The summed E-state index contributed by atoms with van der Waals surface area (Å²) in [5, 5.41) is 9.81. The molecule has 2 aromatic heterocycles. The van der Waals surface area contributed by atoms with Crippen LogP contribution in [0.5, 0.6) is 0 Å². The van der Waals surface area contributed by atoms with Gasteiger partial charge in [-0.1, -0.05) is 13.8 Å². The number of carbonyl (C=O) groups is 1. The Kier molecular flexibility index (Phi) is 2.70. The van der Waals surface area contributed by atoms with Crippen molar-refractivity contribution in [2.75, 3.05) is 19.7 Å². The number of hydrogen-bond donors (Lipinski definition) is 2. The van der Waals surface area contributed by atoms with Crippen LogP contribution in [-0.4, -0.2) is 45.6 Å². The fourth-order valence-corrected chi connectivity index (χ4v) is 4.74. The van der Waals surface area contributed by atoms with Crippen molar-refractivity contribution >= 4 is 16.9 Å². The molecule has 4 rings (SSSR count). The van der Waals surface area contributed by atoms with Crippen LogP contribution in [-0.2, 0) is 0 Å². The standard InChI is InChI=1S/C17H21N3O2/c1-16(2)8-17(10-21)9-20(7-14(16)17)15(22)13-6-12-11(19-13)4-3-5-18-12/h3-6,14,19,21H,7-10H2,1-2H3/t14-,17-/m1/s1. The van der Waals surface area contributed by atoms with E-state index in [1.54, 1.807) is 6.20 Å². The molecule has 2 N–H and O–H groups in total. The molecule has 1 aliphatic carbocycles. The average molecular weight is 299 g/mol. The van der Waals surface area contributed by atoms with Gasteiger partial charge in [0.05, 0.1) is 17.6 Å². The van der Waals surface area contributed by atoms with Crippen molar-refractivity contribution in [3.63, 3.8) is 0 Å². The van der Waals surface area contributed by atoms with Crippen molar-refractivity contribution in [2.45, 2.75) is 20.3 Å². The third-order valence-corrected chi connectivity index (χ3v) is 5.62. The van der Waals surface area contributed by atoms with Crippen LogP contribution in [0.1, 0.15) is 30.8 Å². The summed E-state index contributed by atoms with van der Waals surface area (Å²) in [5.74, 6) is 0.396. The van der Waals surface area contributed by atoms with Crippen LogP contribution in [0.3, 0.4) is 0 Å². The third kappa shape index (κ3) is 1.75. The number of aliphatic hydroxyl groups is 1. The van der Waals surface area contributed by atoms with E-state index in [0.29, 0.717) is 18.2 Å². The fraction of sp³-hybridized carbons (Fsp3) is 0.529. The summed E-state index contributed by atoms with van der Waals surface area (Å²) in [6.45, 7) is 6.01. The first-order chi connectivity index (χ1) is 10.5. The summed E-state index contributed by atoms with van der Waals surface area (Å²) in [5.41, 5.74) is 2.39. The van der Waals surface area contributed by atoms with Gasteiger partial charge in [-0.2, -0.15) is 0 Å². The molecule has 0 bridgehead atoms. The highest BCUT2D eigenvalue weighted by Crippen LogP contribution is 2.62. The molecule has 5 nitrogen and oxygen atoms in total. The number of fused-ring (bicyclic) bond motifs is 2. The lowest BCUT2D eigenvalue weighted by Gasteiger charge is -2.55. The number of likely N-dealkylation sites (tertiary alicyclic amines) is 1. The first-order valence-corrected chi connectivity index (χ1v) is 7.79. The van der Waals surface area contributed by atoms with E-state index >= 15 is 0 Å². The van der Waals surface area contributed by atoms with Crippen LogP contribution >= 0.6 is 0 Å². The topological polar surface area (TPSA) is 69.2 Å². The smallest absolute Gasteiger partial charge is 0.270 e. The van der Waals surface area contributed by atoms with E-state index in [0.717, 1.165) is 24.0 Å². The molecule has 0 unspecified atom stereocenters. The molecule has 2 aromatic rings. The Balaban J connectivity index is 1.61. The van der Waals surface area contributed by atoms with Crippen molar-refractivity contribution in [1.29, 1.82) is 0 Å². The summed E-state index contributed by atoms with van der Waals surface area (Å²) >= 11 is 0. The zero-order chi connectivity index (χ0) is 15.5. The lowest BCUT2D eigenvalue weighted by Crippen LogP contribution is -2.54. The number of nitrogens with zero attached hydrogens (tertiary/aromatic N) is 2. The molecule has 1 saturated carbocycles. The summed E-state index contributed by atoms with van der Waals surface area (Å²) in [6.07, 6.45) is 2.71. The zero-order valence-corrected chi connectivity index (χ0v) is 13.0. The van der Waals surface area contributed by atoms with Gasteiger partial charge in [-0.15, -0.1) is 0 Å². The molecule has 5 heteroatoms. The zero-order valence-electron chi connectivity index (χ0n) is 13.0. The number of aromatic nitrogens is 2. The Morgan fingerprint density at radius 1 is 1.55 bits per heavy atom. The summed E-state index contributed by atoms with van der Waals surface area (Å²) < 4.78 is 0. The average Bonchev–Trinajstić information content (AvgIpc) is 3.06. The van der Waals surface area contributed by atoms with Crippen molar-refractivity contribution in [1.82, 2.24) is 14.9 Å². The molecule has 1 aliphatic heterocycles. The molecule has 3 heterocycles. The van der Waals surface area contributed by atoms with Gasteiger partial charge in [0.2, 0.25) is 0 Å². The van der Waals surface area contributed by atoms with Crippen LogP contribution < -0.4 is 0 Å². The summed E-state index contributed by atoms with van der Waals surface area (Å²) in [4.78, 5) is 22.1. The van der Waals surface area contributed by atoms with Crippen molar-refractivity contribution in [3.05, 3.63) is 30.1 Å². The molecule has 22 heavy (non-hydrogen) atoms. The maximum absolute atomic E-state index is 12.8. The molecule has 0 spiro atoms. The molecule has 116 valence electrons. The minimum absolute atomic E-state index is 0.0102. The van der Waals surface area contributed by atoms with Gasteiger partial charge in [-0.05, 0) is 36.0 Å². The monoisotopic (exact) mass is 299 g/mol. The fourth-order valence-electron chi connectivity index (χ4n) is 4.74. The minimum atomic E-state index is -0.0938. The molecule has 1 saturated heterocycles. The Bertz CT molecular complexity index is 718. The van der Waals surface area contributed by atoms with E-state index in [4.69, 9.17) is 0 Å². The normalized spacial score (nSPS) is 29.4. The Labute approximate surface area is 129 Å². The second-order valence-electron chi connectivity index (χ2n) is 7.54. The van der Waals surface area contributed by atoms with Gasteiger partial charge in [0.25, 0.3) is 5.91 Å². The van der Waals surface area contributed by atoms with Gasteiger partial charge in [0, 0.05) is 24.7 Å². The Hall–Kier alpha value is -1.88.